The number of carbonyl (C=O) groups is 1. The Bertz CT molecular complexity index is 641. The van der Waals surface area contributed by atoms with Gasteiger partial charge < -0.3 is 10.0 Å². The van der Waals surface area contributed by atoms with Crippen molar-refractivity contribution in [2.75, 3.05) is 13.2 Å². The maximum absolute atomic E-state index is 12.7. The average molecular weight is 300 g/mol. The maximum atomic E-state index is 12.7. The Morgan fingerprint density at radius 2 is 2.23 bits per heavy atom. The van der Waals surface area contributed by atoms with E-state index in [-0.39, 0.29) is 24.5 Å². The summed E-state index contributed by atoms with van der Waals surface area (Å²) in [5.41, 5.74) is 0.415. The molecule has 1 fully saturated rings. The number of pyridine rings is 1. The van der Waals surface area contributed by atoms with E-state index in [9.17, 15) is 9.90 Å². The molecule has 3 heterocycles. The molecule has 2 aromatic heterocycles. The van der Waals surface area contributed by atoms with Crippen molar-refractivity contribution in [2.24, 2.45) is 5.92 Å². The van der Waals surface area contributed by atoms with Crippen molar-refractivity contribution in [3.8, 4) is 5.82 Å². The van der Waals surface area contributed by atoms with Crippen LogP contribution in [0.15, 0.2) is 36.7 Å². The molecule has 3 rings (SSSR count). The van der Waals surface area contributed by atoms with Crippen molar-refractivity contribution >= 4 is 5.91 Å². The van der Waals surface area contributed by atoms with Gasteiger partial charge in [-0.05, 0) is 43.9 Å². The minimum absolute atomic E-state index is 0.0837. The number of piperidine rings is 1. The van der Waals surface area contributed by atoms with Gasteiger partial charge in [-0.2, -0.15) is 5.10 Å². The van der Waals surface area contributed by atoms with E-state index in [0.717, 1.165) is 12.8 Å². The number of hydrogen-bond acceptors (Lipinski definition) is 4. The molecule has 1 aliphatic heterocycles. The molecule has 1 N–H and O–H groups in total. The van der Waals surface area contributed by atoms with Crippen LogP contribution in [0.4, 0.5) is 0 Å². The number of aliphatic hydroxyl groups is 1. The van der Waals surface area contributed by atoms with E-state index in [1.165, 1.54) is 0 Å². The predicted octanol–water partition coefficient (Wildman–Crippen LogP) is 1.50. The molecule has 2 aromatic rings. The zero-order valence-corrected chi connectivity index (χ0v) is 12.6. The summed E-state index contributed by atoms with van der Waals surface area (Å²) in [6.07, 6.45) is 5.34. The van der Waals surface area contributed by atoms with Crippen LogP contribution in [-0.4, -0.2) is 49.9 Å². The lowest BCUT2D eigenvalue weighted by Crippen LogP contribution is -2.46. The molecule has 1 saturated heterocycles. The van der Waals surface area contributed by atoms with E-state index in [0.29, 0.717) is 18.1 Å². The Labute approximate surface area is 129 Å². The fraction of sp³-hybridized carbons (Fsp3) is 0.438. The molecule has 22 heavy (non-hydrogen) atoms. The van der Waals surface area contributed by atoms with Gasteiger partial charge in [0.1, 0.15) is 5.69 Å². The highest BCUT2D eigenvalue weighted by Gasteiger charge is 2.29. The van der Waals surface area contributed by atoms with Crippen LogP contribution < -0.4 is 0 Å². The first kappa shape index (κ1) is 14.7. The summed E-state index contributed by atoms with van der Waals surface area (Å²) in [6, 6.07) is 7.35. The third-order valence-electron chi connectivity index (χ3n) is 4.19. The van der Waals surface area contributed by atoms with Crippen molar-refractivity contribution in [2.45, 2.75) is 25.8 Å². The number of rotatable bonds is 3. The molecule has 0 saturated carbocycles. The van der Waals surface area contributed by atoms with Crippen LogP contribution in [0.5, 0.6) is 0 Å². The summed E-state index contributed by atoms with van der Waals surface area (Å²) < 4.78 is 1.63. The summed E-state index contributed by atoms with van der Waals surface area (Å²) in [5, 5.41) is 13.5. The Kier molecular flexibility index (Phi) is 4.20. The van der Waals surface area contributed by atoms with Gasteiger partial charge in [0, 0.05) is 31.6 Å². The standard InChI is InChI=1S/C16H20N4O2/c1-12-6-7-13(11-21)10-19(12)16(22)14-4-2-5-15(18-14)20-9-3-8-17-20/h2-5,8-9,12-13,21H,6-7,10-11H2,1H3. The Hall–Kier alpha value is -2.21. The topological polar surface area (TPSA) is 71.2 Å². The first-order valence-corrected chi connectivity index (χ1v) is 7.58. The van der Waals surface area contributed by atoms with E-state index in [2.05, 4.69) is 10.1 Å². The number of aromatic nitrogens is 3. The number of carbonyl (C=O) groups excluding carboxylic acids is 1. The highest BCUT2D eigenvalue weighted by molar-refractivity contribution is 5.92. The van der Waals surface area contributed by atoms with Crippen LogP contribution in [-0.2, 0) is 0 Å². The molecule has 2 atom stereocenters. The van der Waals surface area contributed by atoms with Crippen molar-refractivity contribution < 1.29 is 9.90 Å². The quantitative estimate of drug-likeness (QED) is 0.932. The molecule has 0 aliphatic carbocycles. The lowest BCUT2D eigenvalue weighted by Gasteiger charge is -2.37. The van der Waals surface area contributed by atoms with Crippen molar-refractivity contribution in [3.05, 3.63) is 42.4 Å². The molecule has 0 aromatic carbocycles. The maximum Gasteiger partial charge on any atom is 0.272 e. The third kappa shape index (κ3) is 2.87. The monoisotopic (exact) mass is 300 g/mol. The molecule has 0 bridgehead atoms. The molecular formula is C16H20N4O2. The van der Waals surface area contributed by atoms with Gasteiger partial charge in [-0.3, -0.25) is 4.79 Å². The molecule has 0 radical (unpaired) electrons. The second-order valence-corrected chi connectivity index (χ2v) is 5.76. The normalized spacial score (nSPS) is 21.8. The predicted molar refractivity (Wildman–Crippen MR) is 81.7 cm³/mol. The van der Waals surface area contributed by atoms with Crippen molar-refractivity contribution in [1.29, 1.82) is 0 Å². The molecule has 2 unspecified atom stereocenters. The molecule has 116 valence electrons. The summed E-state index contributed by atoms with van der Waals surface area (Å²) in [4.78, 5) is 19.0. The molecule has 6 nitrogen and oxygen atoms in total. The number of amides is 1. The van der Waals surface area contributed by atoms with Crippen LogP contribution in [0.3, 0.4) is 0 Å². The third-order valence-corrected chi connectivity index (χ3v) is 4.19. The van der Waals surface area contributed by atoms with Gasteiger partial charge in [0.25, 0.3) is 5.91 Å². The zero-order valence-electron chi connectivity index (χ0n) is 12.6. The first-order chi connectivity index (χ1) is 10.7. The van der Waals surface area contributed by atoms with Gasteiger partial charge >= 0.3 is 0 Å². The van der Waals surface area contributed by atoms with Gasteiger partial charge in [-0.25, -0.2) is 9.67 Å². The van der Waals surface area contributed by atoms with Crippen LogP contribution in [0.25, 0.3) is 5.82 Å². The first-order valence-electron chi connectivity index (χ1n) is 7.58. The van der Waals surface area contributed by atoms with E-state index in [4.69, 9.17) is 0 Å². The number of aliphatic hydroxyl groups excluding tert-OH is 1. The van der Waals surface area contributed by atoms with Crippen LogP contribution in [0.2, 0.25) is 0 Å². The van der Waals surface area contributed by atoms with Crippen LogP contribution in [0, 0.1) is 5.92 Å². The second kappa shape index (κ2) is 6.27. The molecule has 6 heteroatoms. The van der Waals surface area contributed by atoms with Crippen molar-refractivity contribution in [1.82, 2.24) is 19.7 Å². The van der Waals surface area contributed by atoms with E-state index < -0.39 is 0 Å². The molecule has 1 aliphatic rings. The Morgan fingerprint density at radius 1 is 1.36 bits per heavy atom. The molecule has 0 spiro atoms. The number of likely N-dealkylation sites (tertiary alicyclic amines) is 1. The van der Waals surface area contributed by atoms with E-state index >= 15 is 0 Å². The Balaban J connectivity index is 1.84. The summed E-state index contributed by atoms with van der Waals surface area (Å²) in [7, 11) is 0. The van der Waals surface area contributed by atoms with Gasteiger partial charge in [0.05, 0.1) is 0 Å². The summed E-state index contributed by atoms with van der Waals surface area (Å²) >= 11 is 0. The highest BCUT2D eigenvalue weighted by atomic mass is 16.3. The van der Waals surface area contributed by atoms with Crippen LogP contribution >= 0.6 is 0 Å². The minimum atomic E-state index is -0.0837. The number of nitrogens with zero attached hydrogens (tertiary/aromatic N) is 4. The van der Waals surface area contributed by atoms with E-state index in [1.54, 1.807) is 23.1 Å². The summed E-state index contributed by atoms with van der Waals surface area (Å²) in [5.74, 6) is 0.702. The summed E-state index contributed by atoms with van der Waals surface area (Å²) in [6.45, 7) is 2.75. The number of hydrogen-bond donors (Lipinski definition) is 1. The fourth-order valence-corrected chi connectivity index (χ4v) is 2.84. The lowest BCUT2D eigenvalue weighted by molar-refractivity contribution is 0.0483. The van der Waals surface area contributed by atoms with Crippen LogP contribution in [0.1, 0.15) is 30.3 Å². The fourth-order valence-electron chi connectivity index (χ4n) is 2.84. The molecule has 1 amide bonds. The van der Waals surface area contributed by atoms with E-state index in [1.807, 2.05) is 30.0 Å². The lowest BCUT2D eigenvalue weighted by atomic mass is 9.94. The van der Waals surface area contributed by atoms with Crippen molar-refractivity contribution in [3.63, 3.8) is 0 Å². The average Bonchev–Trinajstić information content (AvgIpc) is 3.09. The van der Waals surface area contributed by atoms with Gasteiger partial charge in [0.2, 0.25) is 0 Å². The zero-order chi connectivity index (χ0) is 15.5. The van der Waals surface area contributed by atoms with Gasteiger partial charge in [-0.1, -0.05) is 6.07 Å². The SMILES string of the molecule is CC1CCC(CO)CN1C(=O)c1cccc(-n2cccn2)n1. The molecular weight excluding hydrogens is 280 g/mol. The minimum Gasteiger partial charge on any atom is -0.396 e. The second-order valence-electron chi connectivity index (χ2n) is 5.76. The Morgan fingerprint density at radius 3 is 2.95 bits per heavy atom. The smallest absolute Gasteiger partial charge is 0.272 e. The highest BCUT2D eigenvalue weighted by Crippen LogP contribution is 2.23. The van der Waals surface area contributed by atoms with Gasteiger partial charge in [0.15, 0.2) is 5.82 Å². The largest absolute Gasteiger partial charge is 0.396 e. The van der Waals surface area contributed by atoms with Gasteiger partial charge in [-0.15, -0.1) is 0 Å².